The van der Waals surface area contributed by atoms with E-state index in [2.05, 4.69) is 27.1 Å². The van der Waals surface area contributed by atoms with Crippen molar-refractivity contribution in [2.24, 2.45) is 17.8 Å². The van der Waals surface area contributed by atoms with Crippen molar-refractivity contribution < 1.29 is 13.9 Å². The molecule has 1 aromatic carbocycles. The highest BCUT2D eigenvalue weighted by Gasteiger charge is 2.41. The van der Waals surface area contributed by atoms with Gasteiger partial charge in [-0.2, -0.15) is 0 Å². The summed E-state index contributed by atoms with van der Waals surface area (Å²) in [6, 6.07) is 5.15. The minimum atomic E-state index is -0.244. The Bertz CT molecular complexity index is 1050. The fraction of sp³-hybridized carbons (Fsp3) is 0.571. The number of aromatic nitrogens is 4. The third-order valence-corrected chi connectivity index (χ3v) is 7.76. The predicted molar refractivity (Wildman–Crippen MR) is 140 cm³/mol. The number of benzene rings is 1. The van der Waals surface area contributed by atoms with E-state index in [0.29, 0.717) is 30.9 Å². The molecule has 194 valence electrons. The van der Waals surface area contributed by atoms with E-state index in [1.807, 2.05) is 18.5 Å². The summed E-state index contributed by atoms with van der Waals surface area (Å²) in [5.74, 6) is 3.62. The third kappa shape index (κ3) is 8.03. The Labute approximate surface area is 217 Å². The van der Waals surface area contributed by atoms with Crippen LogP contribution in [0.3, 0.4) is 0 Å². The van der Waals surface area contributed by atoms with Crippen LogP contribution in [-0.2, 0) is 24.2 Å². The molecule has 36 heavy (non-hydrogen) atoms. The van der Waals surface area contributed by atoms with Gasteiger partial charge in [0, 0.05) is 44.0 Å². The van der Waals surface area contributed by atoms with Gasteiger partial charge in [-0.15, -0.1) is 21.5 Å². The normalized spacial score (nSPS) is 17.8. The van der Waals surface area contributed by atoms with Gasteiger partial charge in [-0.1, -0.05) is 38.7 Å². The molecule has 0 radical (unpaired) electrons. The SMILES string of the molecule is CCCC(CCCCc1ncc(COC)cn1)[C@H]1C[C@H]1CCOc1ccc(Cc2nncs2)c(F)c1. The van der Waals surface area contributed by atoms with Crippen molar-refractivity contribution in [3.05, 3.63) is 63.9 Å². The second-order valence-electron chi connectivity index (χ2n) is 9.79. The lowest BCUT2D eigenvalue weighted by Gasteiger charge is -2.16. The molecule has 8 heteroatoms. The molecular weight excluding hydrogens is 475 g/mol. The van der Waals surface area contributed by atoms with Crippen molar-refractivity contribution >= 4 is 11.3 Å². The van der Waals surface area contributed by atoms with Crippen LogP contribution in [-0.4, -0.2) is 33.9 Å². The van der Waals surface area contributed by atoms with Gasteiger partial charge in [0.05, 0.1) is 13.2 Å². The van der Waals surface area contributed by atoms with Gasteiger partial charge in [-0.05, 0) is 48.6 Å². The Balaban J connectivity index is 1.14. The number of halogens is 1. The Kier molecular flexibility index (Phi) is 10.2. The van der Waals surface area contributed by atoms with Gasteiger partial charge in [-0.3, -0.25) is 0 Å². The molecule has 1 aliphatic rings. The first-order valence-corrected chi connectivity index (χ1v) is 14.0. The maximum absolute atomic E-state index is 14.5. The zero-order valence-corrected chi connectivity index (χ0v) is 22.2. The van der Waals surface area contributed by atoms with Gasteiger partial charge in [0.2, 0.25) is 0 Å². The second-order valence-corrected chi connectivity index (χ2v) is 10.7. The maximum Gasteiger partial charge on any atom is 0.130 e. The molecule has 2 aromatic heterocycles. The molecule has 0 bridgehead atoms. The fourth-order valence-corrected chi connectivity index (χ4v) is 5.64. The molecule has 2 heterocycles. The van der Waals surface area contributed by atoms with Crippen molar-refractivity contribution in [1.82, 2.24) is 20.2 Å². The molecule has 3 aromatic rings. The zero-order chi connectivity index (χ0) is 25.2. The summed E-state index contributed by atoms with van der Waals surface area (Å²) in [4.78, 5) is 8.92. The van der Waals surface area contributed by atoms with Crippen LogP contribution < -0.4 is 4.74 Å². The van der Waals surface area contributed by atoms with Crippen molar-refractivity contribution in [3.8, 4) is 5.75 Å². The van der Waals surface area contributed by atoms with Crippen molar-refractivity contribution in [1.29, 1.82) is 0 Å². The van der Waals surface area contributed by atoms with E-state index in [1.54, 1.807) is 18.7 Å². The molecule has 3 atom stereocenters. The molecule has 0 amide bonds. The molecular formula is C28H37FN4O2S. The van der Waals surface area contributed by atoms with E-state index >= 15 is 0 Å². The molecule has 0 spiro atoms. The molecule has 1 saturated carbocycles. The first kappa shape index (κ1) is 26.6. The lowest BCUT2D eigenvalue weighted by Crippen LogP contribution is -2.07. The van der Waals surface area contributed by atoms with Crippen molar-refractivity contribution in [2.45, 2.75) is 71.3 Å². The highest BCUT2D eigenvalue weighted by atomic mass is 32.1. The quantitative estimate of drug-likeness (QED) is 0.206. The lowest BCUT2D eigenvalue weighted by molar-refractivity contribution is 0.184. The van der Waals surface area contributed by atoms with Crippen LogP contribution in [0.4, 0.5) is 4.39 Å². The molecule has 1 unspecified atom stereocenters. The smallest absolute Gasteiger partial charge is 0.130 e. The summed E-state index contributed by atoms with van der Waals surface area (Å²) >= 11 is 1.44. The van der Waals surface area contributed by atoms with Crippen LogP contribution in [0.25, 0.3) is 0 Å². The Hall–Kier alpha value is -2.45. The number of rotatable bonds is 16. The van der Waals surface area contributed by atoms with Crippen LogP contribution in [0.2, 0.25) is 0 Å². The summed E-state index contributed by atoms with van der Waals surface area (Å²) in [6.45, 7) is 3.49. The third-order valence-electron chi connectivity index (χ3n) is 7.07. The number of methoxy groups -OCH3 is 1. The Morgan fingerprint density at radius 3 is 2.75 bits per heavy atom. The lowest BCUT2D eigenvalue weighted by atomic mass is 9.90. The molecule has 0 saturated heterocycles. The van der Waals surface area contributed by atoms with Crippen LogP contribution in [0, 0.1) is 23.6 Å². The standard InChI is InChI=1S/C28H37FN4O2S/c1-3-6-21(7-4-5-8-27-30-16-20(17-31-27)18-34-2)25-13-22(25)11-12-35-24-10-9-23(26(29)15-24)14-28-33-32-19-36-28/h9-10,15-17,19,21-22,25H,3-8,11-14,18H2,1-2H3/t21?,22-,25-/m1/s1. The average molecular weight is 513 g/mol. The maximum atomic E-state index is 14.5. The monoisotopic (exact) mass is 512 g/mol. The Morgan fingerprint density at radius 1 is 1.17 bits per heavy atom. The topological polar surface area (TPSA) is 70.0 Å². The van der Waals surface area contributed by atoms with E-state index in [4.69, 9.17) is 9.47 Å². The van der Waals surface area contributed by atoms with Crippen molar-refractivity contribution in [2.75, 3.05) is 13.7 Å². The fourth-order valence-electron chi connectivity index (χ4n) is 5.09. The Morgan fingerprint density at radius 2 is 2.03 bits per heavy atom. The van der Waals surface area contributed by atoms with E-state index in [1.165, 1.54) is 49.5 Å². The molecule has 0 aliphatic heterocycles. The predicted octanol–water partition coefficient (Wildman–Crippen LogP) is 6.44. The van der Waals surface area contributed by atoms with Gasteiger partial charge >= 0.3 is 0 Å². The molecule has 1 aliphatic carbocycles. The van der Waals surface area contributed by atoms with Gasteiger partial charge in [0.25, 0.3) is 0 Å². The van der Waals surface area contributed by atoms with E-state index in [-0.39, 0.29) is 5.82 Å². The molecule has 4 rings (SSSR count). The van der Waals surface area contributed by atoms with Crippen LogP contribution in [0.1, 0.15) is 73.8 Å². The van der Waals surface area contributed by atoms with Gasteiger partial charge in [0.15, 0.2) is 0 Å². The molecule has 0 N–H and O–H groups in total. The molecule has 6 nitrogen and oxygen atoms in total. The number of nitrogens with zero attached hydrogens (tertiary/aromatic N) is 4. The molecule has 1 fully saturated rings. The summed E-state index contributed by atoms with van der Waals surface area (Å²) in [5.41, 5.74) is 3.30. The first-order valence-electron chi connectivity index (χ1n) is 13.1. The number of hydrogen-bond acceptors (Lipinski definition) is 7. The summed E-state index contributed by atoms with van der Waals surface area (Å²) < 4.78 is 25.5. The van der Waals surface area contributed by atoms with Gasteiger partial charge < -0.3 is 9.47 Å². The largest absolute Gasteiger partial charge is 0.493 e. The van der Waals surface area contributed by atoms with Crippen molar-refractivity contribution in [3.63, 3.8) is 0 Å². The van der Waals surface area contributed by atoms with E-state index in [0.717, 1.165) is 53.4 Å². The summed E-state index contributed by atoms with van der Waals surface area (Å²) in [6.07, 6.45) is 13.6. The van der Waals surface area contributed by atoms with E-state index in [9.17, 15) is 4.39 Å². The zero-order valence-electron chi connectivity index (χ0n) is 21.4. The van der Waals surface area contributed by atoms with E-state index < -0.39 is 0 Å². The summed E-state index contributed by atoms with van der Waals surface area (Å²) in [5, 5.41) is 8.62. The average Bonchev–Trinajstić information content (AvgIpc) is 3.46. The number of unbranched alkanes of at least 4 members (excludes halogenated alkanes) is 1. The highest BCUT2D eigenvalue weighted by Crippen LogP contribution is 2.49. The van der Waals surface area contributed by atoms with Crippen LogP contribution in [0.5, 0.6) is 5.75 Å². The van der Waals surface area contributed by atoms with Crippen LogP contribution >= 0.6 is 11.3 Å². The minimum Gasteiger partial charge on any atom is -0.493 e. The minimum absolute atomic E-state index is 0.244. The van der Waals surface area contributed by atoms with Gasteiger partial charge in [-0.25, -0.2) is 14.4 Å². The van der Waals surface area contributed by atoms with Gasteiger partial charge in [0.1, 0.15) is 27.9 Å². The number of hydrogen-bond donors (Lipinski definition) is 0. The number of ether oxygens (including phenoxy) is 2. The first-order chi connectivity index (χ1) is 17.7. The highest BCUT2D eigenvalue weighted by molar-refractivity contribution is 7.09. The number of aryl methyl sites for hydroxylation is 1. The van der Waals surface area contributed by atoms with Crippen LogP contribution in [0.15, 0.2) is 36.1 Å². The second kappa shape index (κ2) is 13.7. The summed E-state index contributed by atoms with van der Waals surface area (Å²) in [7, 11) is 1.68.